The molecule has 0 aliphatic heterocycles. The van der Waals surface area contributed by atoms with Gasteiger partial charge in [0.05, 0.1) is 5.02 Å². The molecule has 0 aliphatic rings. The van der Waals surface area contributed by atoms with Crippen molar-refractivity contribution in [2.75, 3.05) is 0 Å². The molecule has 0 saturated carbocycles. The molecule has 0 atom stereocenters. The molecule has 2 N–H and O–H groups in total. The average Bonchev–Trinajstić information content (AvgIpc) is 2.34. The largest absolute Gasteiger partial charge is 0.457 e. The van der Waals surface area contributed by atoms with Crippen LogP contribution in [0.3, 0.4) is 0 Å². The highest BCUT2D eigenvalue weighted by Gasteiger charge is 2.03. The molecule has 0 fully saturated rings. The lowest BCUT2D eigenvalue weighted by Gasteiger charge is -2.07. The van der Waals surface area contributed by atoms with Gasteiger partial charge in [-0.2, -0.15) is 0 Å². The van der Waals surface area contributed by atoms with Crippen molar-refractivity contribution >= 4 is 11.6 Å². The van der Waals surface area contributed by atoms with Crippen LogP contribution in [0.1, 0.15) is 5.56 Å². The van der Waals surface area contributed by atoms with Crippen molar-refractivity contribution in [3.05, 3.63) is 58.9 Å². The van der Waals surface area contributed by atoms with Crippen molar-refractivity contribution in [3.8, 4) is 11.5 Å². The van der Waals surface area contributed by atoms with E-state index in [0.717, 1.165) is 5.56 Å². The minimum absolute atomic E-state index is 0.0393. The number of benzene rings is 2. The Morgan fingerprint density at radius 1 is 1.12 bits per heavy atom. The van der Waals surface area contributed by atoms with E-state index in [0.29, 0.717) is 18.0 Å². The summed E-state index contributed by atoms with van der Waals surface area (Å²) in [6.07, 6.45) is 0. The van der Waals surface area contributed by atoms with E-state index < -0.39 is 5.82 Å². The standard InChI is InChI=1S/C13H11ClFNO/c14-12-7-11(4-5-13(12)15)17-10-3-1-2-9(6-10)8-16/h1-7H,8,16H2. The van der Waals surface area contributed by atoms with Gasteiger partial charge in [-0.15, -0.1) is 0 Å². The van der Waals surface area contributed by atoms with Gasteiger partial charge < -0.3 is 10.5 Å². The van der Waals surface area contributed by atoms with E-state index in [1.807, 2.05) is 18.2 Å². The highest BCUT2D eigenvalue weighted by Crippen LogP contribution is 2.26. The maximum absolute atomic E-state index is 13.0. The Kier molecular flexibility index (Phi) is 3.61. The van der Waals surface area contributed by atoms with E-state index >= 15 is 0 Å². The Hall–Kier alpha value is -1.58. The van der Waals surface area contributed by atoms with Crippen molar-refractivity contribution < 1.29 is 9.13 Å². The number of halogens is 2. The quantitative estimate of drug-likeness (QED) is 0.902. The summed E-state index contributed by atoms with van der Waals surface area (Å²) in [4.78, 5) is 0. The third-order valence-corrected chi connectivity index (χ3v) is 2.55. The lowest BCUT2D eigenvalue weighted by atomic mass is 10.2. The van der Waals surface area contributed by atoms with Crippen LogP contribution in [0, 0.1) is 5.82 Å². The van der Waals surface area contributed by atoms with Crippen LogP contribution >= 0.6 is 11.6 Å². The lowest BCUT2D eigenvalue weighted by molar-refractivity contribution is 0.480. The summed E-state index contributed by atoms with van der Waals surface area (Å²) in [5.41, 5.74) is 6.50. The van der Waals surface area contributed by atoms with Gasteiger partial charge >= 0.3 is 0 Å². The first kappa shape index (κ1) is 11.9. The summed E-state index contributed by atoms with van der Waals surface area (Å²) in [5.74, 6) is 0.677. The first-order valence-electron chi connectivity index (χ1n) is 5.11. The molecule has 2 nitrogen and oxygen atoms in total. The van der Waals surface area contributed by atoms with Gasteiger partial charge in [-0.1, -0.05) is 23.7 Å². The Balaban J connectivity index is 2.22. The van der Waals surface area contributed by atoms with Crippen molar-refractivity contribution in [2.24, 2.45) is 5.73 Å². The van der Waals surface area contributed by atoms with Crippen LogP contribution in [-0.2, 0) is 6.54 Å². The topological polar surface area (TPSA) is 35.2 Å². The summed E-state index contributed by atoms with van der Waals surface area (Å²) < 4.78 is 18.5. The first-order valence-corrected chi connectivity index (χ1v) is 5.49. The number of ether oxygens (including phenoxy) is 1. The number of nitrogens with two attached hydrogens (primary N) is 1. The molecule has 88 valence electrons. The van der Waals surface area contributed by atoms with Crippen molar-refractivity contribution in [1.29, 1.82) is 0 Å². The second-order valence-corrected chi connectivity index (χ2v) is 3.94. The average molecular weight is 252 g/mol. The van der Waals surface area contributed by atoms with Gasteiger partial charge in [0.2, 0.25) is 0 Å². The summed E-state index contributed by atoms with van der Waals surface area (Å²) in [5, 5.41) is 0.0393. The highest BCUT2D eigenvalue weighted by molar-refractivity contribution is 6.30. The van der Waals surface area contributed by atoms with Crippen LogP contribution in [0.4, 0.5) is 4.39 Å². The third kappa shape index (κ3) is 2.96. The van der Waals surface area contributed by atoms with E-state index in [-0.39, 0.29) is 5.02 Å². The van der Waals surface area contributed by atoms with E-state index in [1.165, 1.54) is 18.2 Å². The Bertz CT molecular complexity index is 531. The molecule has 0 bridgehead atoms. The molecule has 0 radical (unpaired) electrons. The summed E-state index contributed by atoms with van der Waals surface area (Å²) >= 11 is 5.66. The van der Waals surface area contributed by atoms with Crippen LogP contribution in [0.25, 0.3) is 0 Å². The van der Waals surface area contributed by atoms with Crippen LogP contribution in [0.2, 0.25) is 5.02 Å². The molecule has 0 saturated heterocycles. The van der Waals surface area contributed by atoms with Crippen LogP contribution in [0.15, 0.2) is 42.5 Å². The van der Waals surface area contributed by atoms with E-state index in [4.69, 9.17) is 22.1 Å². The Morgan fingerprint density at radius 2 is 1.88 bits per heavy atom. The Morgan fingerprint density at radius 3 is 2.59 bits per heavy atom. The molecule has 0 unspecified atom stereocenters. The van der Waals surface area contributed by atoms with Gasteiger partial charge in [-0.25, -0.2) is 4.39 Å². The minimum atomic E-state index is -0.463. The van der Waals surface area contributed by atoms with Gasteiger partial charge in [-0.3, -0.25) is 0 Å². The third-order valence-electron chi connectivity index (χ3n) is 2.26. The number of hydrogen-bond donors (Lipinski definition) is 1. The second-order valence-electron chi connectivity index (χ2n) is 3.53. The molecular formula is C13H11ClFNO. The van der Waals surface area contributed by atoms with Gasteiger partial charge in [0.15, 0.2) is 0 Å². The fourth-order valence-corrected chi connectivity index (χ4v) is 1.58. The summed E-state index contributed by atoms with van der Waals surface area (Å²) in [6, 6.07) is 11.6. The van der Waals surface area contributed by atoms with Crippen molar-refractivity contribution in [3.63, 3.8) is 0 Å². The SMILES string of the molecule is NCc1cccc(Oc2ccc(F)c(Cl)c2)c1. The first-order chi connectivity index (χ1) is 8.19. The molecule has 0 heterocycles. The van der Waals surface area contributed by atoms with Crippen molar-refractivity contribution in [1.82, 2.24) is 0 Å². The highest BCUT2D eigenvalue weighted by atomic mass is 35.5. The molecule has 0 aromatic heterocycles. The maximum atomic E-state index is 13.0. The zero-order valence-corrected chi connectivity index (χ0v) is 9.75. The molecule has 0 aliphatic carbocycles. The molecule has 2 rings (SSSR count). The predicted octanol–water partition coefficient (Wildman–Crippen LogP) is 3.73. The fourth-order valence-electron chi connectivity index (χ4n) is 1.41. The molecule has 4 heteroatoms. The molecule has 17 heavy (non-hydrogen) atoms. The second kappa shape index (κ2) is 5.17. The van der Waals surface area contributed by atoms with Crippen molar-refractivity contribution in [2.45, 2.75) is 6.54 Å². The minimum Gasteiger partial charge on any atom is -0.457 e. The Labute approximate surface area is 104 Å². The smallest absolute Gasteiger partial charge is 0.142 e. The monoisotopic (exact) mass is 251 g/mol. The van der Waals surface area contributed by atoms with Crippen LogP contribution in [-0.4, -0.2) is 0 Å². The molecule has 2 aromatic rings. The van der Waals surface area contributed by atoms with E-state index in [1.54, 1.807) is 6.07 Å². The normalized spacial score (nSPS) is 10.3. The van der Waals surface area contributed by atoms with Gasteiger partial charge in [0, 0.05) is 12.6 Å². The number of hydrogen-bond acceptors (Lipinski definition) is 2. The summed E-state index contributed by atoms with van der Waals surface area (Å²) in [7, 11) is 0. The van der Waals surface area contributed by atoms with Gasteiger partial charge in [0.1, 0.15) is 17.3 Å². The molecular weight excluding hydrogens is 241 g/mol. The molecule has 0 spiro atoms. The molecule has 0 amide bonds. The van der Waals surface area contributed by atoms with Crippen LogP contribution in [0.5, 0.6) is 11.5 Å². The lowest BCUT2D eigenvalue weighted by Crippen LogP contribution is -1.96. The predicted molar refractivity (Wildman–Crippen MR) is 65.8 cm³/mol. The zero-order valence-electron chi connectivity index (χ0n) is 8.99. The number of rotatable bonds is 3. The van der Waals surface area contributed by atoms with Gasteiger partial charge in [-0.05, 0) is 29.8 Å². The van der Waals surface area contributed by atoms with E-state index in [9.17, 15) is 4.39 Å². The van der Waals surface area contributed by atoms with Crippen LogP contribution < -0.4 is 10.5 Å². The maximum Gasteiger partial charge on any atom is 0.142 e. The molecule has 2 aromatic carbocycles. The zero-order chi connectivity index (χ0) is 12.3. The van der Waals surface area contributed by atoms with E-state index in [2.05, 4.69) is 0 Å². The van der Waals surface area contributed by atoms with Gasteiger partial charge in [0.25, 0.3) is 0 Å². The summed E-state index contributed by atoms with van der Waals surface area (Å²) in [6.45, 7) is 0.446. The fraction of sp³-hybridized carbons (Fsp3) is 0.0769.